The predicted octanol–water partition coefficient (Wildman–Crippen LogP) is 4.41. The van der Waals surface area contributed by atoms with Crippen LogP contribution in [0.25, 0.3) is 11.0 Å². The van der Waals surface area contributed by atoms with E-state index in [1.54, 1.807) is 18.2 Å². The number of nitrogens with two attached hydrogens (primary N) is 1. The minimum absolute atomic E-state index is 0.103. The summed E-state index contributed by atoms with van der Waals surface area (Å²) >= 11 is 6.11. The van der Waals surface area contributed by atoms with Gasteiger partial charge in [-0.1, -0.05) is 17.7 Å². The van der Waals surface area contributed by atoms with Crippen molar-refractivity contribution in [2.24, 2.45) is 0 Å². The Kier molecular flexibility index (Phi) is 3.57. The molecule has 0 saturated heterocycles. The Hall–Kier alpha value is -2.34. The maximum atomic E-state index is 12.8. The Morgan fingerprint density at radius 3 is 2.92 bits per heavy atom. The van der Waals surface area contributed by atoms with E-state index in [1.807, 2.05) is 16.7 Å². The lowest BCUT2D eigenvalue weighted by atomic mass is 10.0. The minimum atomic E-state index is -2.90. The van der Waals surface area contributed by atoms with E-state index in [1.165, 1.54) is 6.07 Å². The average molecular weight is 350 g/mol. The summed E-state index contributed by atoms with van der Waals surface area (Å²) in [7, 11) is 0. The molecule has 2 aromatic carbocycles. The fourth-order valence-corrected chi connectivity index (χ4v) is 3.59. The molecular formula is C17H14ClF2N3O. The van der Waals surface area contributed by atoms with Gasteiger partial charge in [0.15, 0.2) is 0 Å². The van der Waals surface area contributed by atoms with Crippen molar-refractivity contribution in [2.45, 2.75) is 25.5 Å². The Morgan fingerprint density at radius 1 is 1.29 bits per heavy atom. The lowest BCUT2D eigenvalue weighted by Crippen LogP contribution is -2.12. The van der Waals surface area contributed by atoms with Crippen LogP contribution in [0.5, 0.6) is 5.75 Å². The third-order valence-electron chi connectivity index (χ3n) is 4.33. The van der Waals surface area contributed by atoms with Crippen LogP contribution in [-0.2, 0) is 6.42 Å². The van der Waals surface area contributed by atoms with Crippen LogP contribution in [0.15, 0.2) is 36.4 Å². The standard InChI is InChI=1S/C17H14ClF2N3O/c18-9-4-5-11-13(8-9)23-12(6-7-15(23)22-11)16-10(21)2-1-3-14(16)24-17(19)20/h1-5,8,12,17H,6-7,21H2/t12-/m1/s1. The van der Waals surface area contributed by atoms with Gasteiger partial charge in [-0.3, -0.25) is 0 Å². The molecule has 0 bridgehead atoms. The SMILES string of the molecule is Nc1cccc(OC(F)F)c1[C@H]1CCc2nc3ccc(Cl)cc3n21. The number of alkyl halides is 2. The van der Waals surface area contributed by atoms with Gasteiger partial charge in [-0.25, -0.2) is 4.98 Å². The number of nitrogen functional groups attached to an aromatic ring is 1. The third kappa shape index (κ3) is 2.38. The number of imidazole rings is 1. The van der Waals surface area contributed by atoms with Crippen molar-refractivity contribution in [3.8, 4) is 5.75 Å². The molecule has 0 unspecified atom stereocenters. The number of benzene rings is 2. The van der Waals surface area contributed by atoms with Gasteiger partial charge in [-0.15, -0.1) is 0 Å². The van der Waals surface area contributed by atoms with Crippen LogP contribution in [0.4, 0.5) is 14.5 Å². The quantitative estimate of drug-likeness (QED) is 0.713. The van der Waals surface area contributed by atoms with E-state index in [4.69, 9.17) is 22.1 Å². The van der Waals surface area contributed by atoms with E-state index in [9.17, 15) is 8.78 Å². The second-order valence-electron chi connectivity index (χ2n) is 5.72. The lowest BCUT2D eigenvalue weighted by Gasteiger charge is -2.20. The number of aryl methyl sites for hydroxylation is 1. The van der Waals surface area contributed by atoms with Crippen LogP contribution < -0.4 is 10.5 Å². The number of fused-ring (bicyclic) bond motifs is 3. The molecule has 0 amide bonds. The number of rotatable bonds is 3. The normalized spacial score (nSPS) is 16.8. The van der Waals surface area contributed by atoms with Gasteiger partial charge in [0.25, 0.3) is 0 Å². The van der Waals surface area contributed by atoms with Gasteiger partial charge in [0.1, 0.15) is 11.6 Å². The Labute approximate surface area is 141 Å². The predicted molar refractivity (Wildman–Crippen MR) is 88.7 cm³/mol. The zero-order chi connectivity index (χ0) is 16.8. The van der Waals surface area contributed by atoms with Crippen LogP contribution >= 0.6 is 11.6 Å². The van der Waals surface area contributed by atoms with E-state index in [2.05, 4.69) is 4.98 Å². The maximum absolute atomic E-state index is 12.8. The number of aromatic nitrogens is 2. The fourth-order valence-electron chi connectivity index (χ4n) is 3.42. The van der Waals surface area contributed by atoms with Gasteiger partial charge < -0.3 is 15.0 Å². The van der Waals surface area contributed by atoms with Crippen LogP contribution in [0.2, 0.25) is 5.02 Å². The molecule has 7 heteroatoms. The molecule has 1 atom stereocenters. The molecule has 2 heterocycles. The molecule has 0 fully saturated rings. The second kappa shape index (κ2) is 5.63. The summed E-state index contributed by atoms with van der Waals surface area (Å²) in [6, 6.07) is 10.1. The van der Waals surface area contributed by atoms with Crippen LogP contribution in [0, 0.1) is 0 Å². The van der Waals surface area contributed by atoms with Crippen molar-refractivity contribution in [3.05, 3.63) is 52.8 Å². The summed E-state index contributed by atoms with van der Waals surface area (Å²) in [5, 5.41) is 0.598. The van der Waals surface area contributed by atoms with Gasteiger partial charge in [-0.05, 0) is 36.8 Å². The van der Waals surface area contributed by atoms with Crippen molar-refractivity contribution in [2.75, 3.05) is 5.73 Å². The molecule has 0 spiro atoms. The van der Waals surface area contributed by atoms with E-state index in [0.717, 1.165) is 29.7 Å². The number of hydrogen-bond donors (Lipinski definition) is 1. The average Bonchev–Trinajstić information content (AvgIpc) is 3.06. The van der Waals surface area contributed by atoms with Gasteiger partial charge in [0.2, 0.25) is 0 Å². The number of hydrogen-bond acceptors (Lipinski definition) is 3. The summed E-state index contributed by atoms with van der Waals surface area (Å²) < 4.78 is 32.2. The number of halogens is 3. The topological polar surface area (TPSA) is 53.1 Å². The smallest absolute Gasteiger partial charge is 0.387 e. The van der Waals surface area contributed by atoms with Gasteiger partial charge >= 0.3 is 6.61 Å². The summed E-state index contributed by atoms with van der Waals surface area (Å²) in [6.45, 7) is -2.90. The van der Waals surface area contributed by atoms with E-state index < -0.39 is 6.61 Å². The van der Waals surface area contributed by atoms with Crippen molar-refractivity contribution >= 4 is 28.3 Å². The first kappa shape index (κ1) is 15.2. The highest BCUT2D eigenvalue weighted by atomic mass is 35.5. The van der Waals surface area contributed by atoms with E-state index in [0.29, 0.717) is 16.3 Å². The van der Waals surface area contributed by atoms with Crippen LogP contribution in [-0.4, -0.2) is 16.2 Å². The molecule has 1 aromatic heterocycles. The number of anilines is 1. The maximum Gasteiger partial charge on any atom is 0.387 e. The Morgan fingerprint density at radius 2 is 2.12 bits per heavy atom. The molecule has 4 nitrogen and oxygen atoms in total. The van der Waals surface area contributed by atoms with E-state index in [-0.39, 0.29) is 11.8 Å². The molecule has 24 heavy (non-hydrogen) atoms. The Bertz CT molecular complexity index is 926. The first-order valence-electron chi connectivity index (χ1n) is 7.54. The van der Waals surface area contributed by atoms with Gasteiger partial charge in [0, 0.05) is 22.7 Å². The van der Waals surface area contributed by atoms with Crippen LogP contribution in [0.3, 0.4) is 0 Å². The molecule has 1 aliphatic rings. The molecule has 0 saturated carbocycles. The van der Waals surface area contributed by atoms with Gasteiger partial charge in [-0.2, -0.15) is 8.78 Å². The summed E-state index contributed by atoms with van der Waals surface area (Å²) in [4.78, 5) is 4.60. The molecule has 2 N–H and O–H groups in total. The second-order valence-corrected chi connectivity index (χ2v) is 6.16. The van der Waals surface area contributed by atoms with Crippen LogP contribution in [0.1, 0.15) is 23.9 Å². The highest BCUT2D eigenvalue weighted by molar-refractivity contribution is 6.31. The minimum Gasteiger partial charge on any atom is -0.434 e. The summed E-state index contributed by atoms with van der Waals surface area (Å²) in [5.41, 5.74) is 8.77. The highest BCUT2D eigenvalue weighted by Crippen LogP contribution is 2.42. The van der Waals surface area contributed by atoms with Crippen molar-refractivity contribution in [1.82, 2.24) is 9.55 Å². The number of ether oxygens (including phenoxy) is 1. The van der Waals surface area contributed by atoms with Crippen molar-refractivity contribution < 1.29 is 13.5 Å². The molecule has 4 rings (SSSR count). The highest BCUT2D eigenvalue weighted by Gasteiger charge is 2.31. The molecule has 1 aliphatic heterocycles. The fraction of sp³-hybridized carbons (Fsp3) is 0.235. The third-order valence-corrected chi connectivity index (χ3v) is 4.56. The molecule has 0 aliphatic carbocycles. The first-order valence-corrected chi connectivity index (χ1v) is 7.92. The molecule has 0 radical (unpaired) electrons. The first-order chi connectivity index (χ1) is 11.5. The zero-order valence-electron chi connectivity index (χ0n) is 12.5. The molecule has 3 aromatic rings. The zero-order valence-corrected chi connectivity index (χ0v) is 13.3. The van der Waals surface area contributed by atoms with Crippen molar-refractivity contribution in [3.63, 3.8) is 0 Å². The lowest BCUT2D eigenvalue weighted by molar-refractivity contribution is -0.0506. The largest absolute Gasteiger partial charge is 0.434 e. The van der Waals surface area contributed by atoms with E-state index >= 15 is 0 Å². The number of nitrogens with zero attached hydrogens (tertiary/aromatic N) is 2. The molecule has 124 valence electrons. The molecular weight excluding hydrogens is 336 g/mol. The summed E-state index contributed by atoms with van der Waals surface area (Å²) in [5.74, 6) is 0.996. The monoisotopic (exact) mass is 349 g/mol. The Balaban J connectivity index is 1.90. The van der Waals surface area contributed by atoms with Gasteiger partial charge in [0.05, 0.1) is 17.1 Å². The van der Waals surface area contributed by atoms with Crippen molar-refractivity contribution in [1.29, 1.82) is 0 Å². The summed E-state index contributed by atoms with van der Waals surface area (Å²) in [6.07, 6.45) is 1.46.